The molecular formula is C27H41N3O4. The Balaban J connectivity index is 0.988. The van der Waals surface area contributed by atoms with Crippen LogP contribution in [0.15, 0.2) is 18.2 Å². The predicted octanol–water partition coefficient (Wildman–Crippen LogP) is 3.69. The van der Waals surface area contributed by atoms with Gasteiger partial charge in [0.05, 0.1) is 17.7 Å². The number of para-hydroxylation sites is 1. The third-order valence-corrected chi connectivity index (χ3v) is 8.43. The third kappa shape index (κ3) is 5.80. The Kier molecular flexibility index (Phi) is 7.49. The van der Waals surface area contributed by atoms with Gasteiger partial charge in [0.15, 0.2) is 11.5 Å². The van der Waals surface area contributed by atoms with Gasteiger partial charge in [-0.25, -0.2) is 0 Å². The number of rotatable bonds is 7. The Morgan fingerprint density at radius 2 is 1.79 bits per heavy atom. The molecule has 2 aliphatic heterocycles. The highest BCUT2D eigenvalue weighted by molar-refractivity contribution is 5.77. The van der Waals surface area contributed by atoms with Crippen LogP contribution in [0.4, 0.5) is 5.69 Å². The van der Waals surface area contributed by atoms with Crippen molar-refractivity contribution in [3.8, 4) is 11.5 Å². The van der Waals surface area contributed by atoms with E-state index in [4.69, 9.17) is 9.47 Å². The number of nitrogens with zero attached hydrogens (tertiary/aromatic N) is 2. The molecule has 0 atom stereocenters. The summed E-state index contributed by atoms with van der Waals surface area (Å²) in [4.78, 5) is 17.5. The summed E-state index contributed by atoms with van der Waals surface area (Å²) < 4.78 is 11.2. The molecule has 2 N–H and O–H groups in total. The number of carbonyl (C=O) groups is 1. The SMILES string of the molecule is O=C(CC1(O)CCCCC1)N[C@H]1CC[C@H](CCN2CCN(c3cccc4c3OCO4)CC2)CC1. The molecule has 188 valence electrons. The molecule has 0 aromatic heterocycles. The maximum Gasteiger partial charge on any atom is 0.231 e. The van der Waals surface area contributed by atoms with Gasteiger partial charge in [-0.15, -0.1) is 0 Å². The van der Waals surface area contributed by atoms with Crippen molar-refractivity contribution in [2.75, 3.05) is 44.4 Å². The van der Waals surface area contributed by atoms with Crippen LogP contribution in [0.5, 0.6) is 11.5 Å². The number of hydrogen-bond acceptors (Lipinski definition) is 6. The van der Waals surface area contributed by atoms with Gasteiger partial charge >= 0.3 is 0 Å². The molecule has 0 spiro atoms. The van der Waals surface area contributed by atoms with Crippen LogP contribution < -0.4 is 19.7 Å². The number of amides is 1. The lowest BCUT2D eigenvalue weighted by Gasteiger charge is -2.37. The fourth-order valence-electron chi connectivity index (χ4n) is 6.30. The van der Waals surface area contributed by atoms with Gasteiger partial charge < -0.3 is 24.8 Å². The first-order chi connectivity index (χ1) is 16.6. The molecule has 7 nitrogen and oxygen atoms in total. The molecule has 5 rings (SSSR count). The van der Waals surface area contributed by atoms with Crippen LogP contribution in [-0.4, -0.2) is 67.1 Å². The molecule has 0 unspecified atom stereocenters. The summed E-state index contributed by atoms with van der Waals surface area (Å²) >= 11 is 0. The number of fused-ring (bicyclic) bond motifs is 1. The zero-order valence-electron chi connectivity index (χ0n) is 20.5. The smallest absolute Gasteiger partial charge is 0.231 e. The fourth-order valence-corrected chi connectivity index (χ4v) is 6.30. The Morgan fingerprint density at radius 1 is 1.03 bits per heavy atom. The lowest BCUT2D eigenvalue weighted by atomic mass is 9.81. The van der Waals surface area contributed by atoms with Crippen molar-refractivity contribution < 1.29 is 19.4 Å². The van der Waals surface area contributed by atoms with E-state index >= 15 is 0 Å². The van der Waals surface area contributed by atoms with E-state index in [2.05, 4.69) is 21.2 Å². The van der Waals surface area contributed by atoms with Crippen molar-refractivity contribution in [2.24, 2.45) is 5.92 Å². The summed E-state index contributed by atoms with van der Waals surface area (Å²) in [6.07, 6.45) is 10.9. The Bertz CT molecular complexity index is 825. The minimum absolute atomic E-state index is 0.0479. The highest BCUT2D eigenvalue weighted by atomic mass is 16.7. The second-order valence-corrected chi connectivity index (χ2v) is 10.9. The van der Waals surface area contributed by atoms with E-state index in [0.29, 0.717) is 12.8 Å². The van der Waals surface area contributed by atoms with Gasteiger partial charge in [0.2, 0.25) is 12.7 Å². The minimum atomic E-state index is -0.759. The van der Waals surface area contributed by atoms with E-state index < -0.39 is 5.60 Å². The van der Waals surface area contributed by atoms with E-state index in [1.807, 2.05) is 12.1 Å². The number of nitrogens with one attached hydrogen (secondary N) is 1. The largest absolute Gasteiger partial charge is 0.454 e. The van der Waals surface area contributed by atoms with Crippen molar-refractivity contribution in [3.63, 3.8) is 0 Å². The van der Waals surface area contributed by atoms with Gasteiger partial charge in [-0.3, -0.25) is 9.69 Å². The molecule has 2 aliphatic carbocycles. The minimum Gasteiger partial charge on any atom is -0.454 e. The zero-order chi connectivity index (χ0) is 23.4. The molecule has 3 fully saturated rings. The summed E-state index contributed by atoms with van der Waals surface area (Å²) in [5.41, 5.74) is 0.399. The van der Waals surface area contributed by atoms with Gasteiger partial charge in [-0.1, -0.05) is 25.3 Å². The van der Waals surface area contributed by atoms with E-state index in [0.717, 1.165) is 94.4 Å². The highest BCUT2D eigenvalue weighted by Gasteiger charge is 2.33. The number of piperazine rings is 1. The van der Waals surface area contributed by atoms with Crippen LogP contribution in [-0.2, 0) is 4.79 Å². The molecule has 1 saturated heterocycles. The monoisotopic (exact) mass is 471 g/mol. The number of ether oxygens (including phenoxy) is 2. The van der Waals surface area contributed by atoms with E-state index in [9.17, 15) is 9.90 Å². The van der Waals surface area contributed by atoms with Gasteiger partial charge in [-0.2, -0.15) is 0 Å². The molecule has 7 heteroatoms. The van der Waals surface area contributed by atoms with Crippen molar-refractivity contribution in [2.45, 2.75) is 82.3 Å². The topological polar surface area (TPSA) is 74.3 Å². The molecule has 2 saturated carbocycles. The van der Waals surface area contributed by atoms with E-state index in [1.165, 1.54) is 25.7 Å². The maximum atomic E-state index is 12.5. The maximum absolute atomic E-state index is 12.5. The van der Waals surface area contributed by atoms with Gasteiger partial charge in [-0.05, 0) is 69.5 Å². The molecule has 0 bridgehead atoms. The molecule has 1 aromatic rings. The van der Waals surface area contributed by atoms with Crippen LogP contribution in [0.3, 0.4) is 0 Å². The Hall–Kier alpha value is -1.99. The number of anilines is 1. The average Bonchev–Trinajstić information content (AvgIpc) is 3.33. The second-order valence-electron chi connectivity index (χ2n) is 10.9. The summed E-state index contributed by atoms with van der Waals surface area (Å²) in [5, 5.41) is 13.9. The van der Waals surface area contributed by atoms with Crippen molar-refractivity contribution in [1.29, 1.82) is 0 Å². The number of hydrogen-bond donors (Lipinski definition) is 2. The van der Waals surface area contributed by atoms with Gasteiger partial charge in [0, 0.05) is 32.2 Å². The van der Waals surface area contributed by atoms with E-state index in [1.54, 1.807) is 0 Å². The molecule has 1 aromatic carbocycles. The van der Waals surface area contributed by atoms with Crippen LogP contribution in [0.1, 0.15) is 70.6 Å². The zero-order valence-corrected chi connectivity index (χ0v) is 20.5. The van der Waals surface area contributed by atoms with Gasteiger partial charge in [0.1, 0.15) is 0 Å². The molecule has 2 heterocycles. The molecule has 34 heavy (non-hydrogen) atoms. The highest BCUT2D eigenvalue weighted by Crippen LogP contribution is 2.41. The molecular weight excluding hydrogens is 430 g/mol. The Morgan fingerprint density at radius 3 is 2.56 bits per heavy atom. The third-order valence-electron chi connectivity index (χ3n) is 8.43. The quantitative estimate of drug-likeness (QED) is 0.632. The number of aliphatic hydroxyl groups is 1. The summed E-state index contributed by atoms with van der Waals surface area (Å²) in [6, 6.07) is 6.45. The van der Waals surface area contributed by atoms with Crippen LogP contribution in [0, 0.1) is 5.92 Å². The molecule has 0 radical (unpaired) electrons. The van der Waals surface area contributed by atoms with Crippen LogP contribution >= 0.6 is 0 Å². The summed E-state index contributed by atoms with van der Waals surface area (Å²) in [7, 11) is 0. The van der Waals surface area contributed by atoms with Gasteiger partial charge in [0.25, 0.3) is 0 Å². The first-order valence-corrected chi connectivity index (χ1v) is 13.5. The van der Waals surface area contributed by atoms with Crippen molar-refractivity contribution >= 4 is 11.6 Å². The van der Waals surface area contributed by atoms with Crippen LogP contribution in [0.25, 0.3) is 0 Å². The molecule has 4 aliphatic rings. The fraction of sp³-hybridized carbons (Fsp3) is 0.741. The normalized spacial score (nSPS) is 26.9. The molecule has 1 amide bonds. The summed E-state index contributed by atoms with van der Waals surface area (Å²) in [5.74, 6) is 2.56. The van der Waals surface area contributed by atoms with E-state index in [-0.39, 0.29) is 12.3 Å². The van der Waals surface area contributed by atoms with Crippen molar-refractivity contribution in [1.82, 2.24) is 10.2 Å². The first-order valence-electron chi connectivity index (χ1n) is 13.5. The van der Waals surface area contributed by atoms with Crippen LogP contribution in [0.2, 0.25) is 0 Å². The number of benzene rings is 1. The van der Waals surface area contributed by atoms with Crippen molar-refractivity contribution in [3.05, 3.63) is 18.2 Å². The average molecular weight is 472 g/mol. The predicted molar refractivity (Wildman–Crippen MR) is 132 cm³/mol. The summed E-state index contributed by atoms with van der Waals surface area (Å²) in [6.45, 7) is 5.68. The standard InChI is InChI=1S/C27H41N3O4/c31-25(19-27(32)12-2-1-3-13-27)28-22-9-7-21(8-10-22)11-14-29-15-17-30(18-16-29)23-5-4-6-24-26(23)34-20-33-24/h4-6,21-22,32H,1-3,7-20H2,(H,28,31)/t21-,22-. The number of carbonyl (C=O) groups excluding carboxylic acids is 1. The lowest BCUT2D eigenvalue weighted by molar-refractivity contribution is -0.128. The first kappa shape index (κ1) is 23.7. The Labute approximate surface area is 203 Å². The lowest BCUT2D eigenvalue weighted by Crippen LogP contribution is -2.47. The second kappa shape index (κ2) is 10.7.